The molecule has 0 radical (unpaired) electrons. The molecule has 2 aromatic heterocycles. The van der Waals surface area contributed by atoms with Gasteiger partial charge in [-0.25, -0.2) is 9.07 Å². The van der Waals surface area contributed by atoms with Gasteiger partial charge in [0.05, 0.1) is 39.0 Å². The highest BCUT2D eigenvalue weighted by Crippen LogP contribution is 2.41. The van der Waals surface area contributed by atoms with E-state index in [-0.39, 0.29) is 18.5 Å². The molecule has 0 aliphatic carbocycles. The number of ether oxygens (including phenoxy) is 3. The highest BCUT2D eigenvalue weighted by Gasteiger charge is 2.37. The van der Waals surface area contributed by atoms with E-state index in [1.165, 1.54) is 20.3 Å². The summed E-state index contributed by atoms with van der Waals surface area (Å²) in [5.74, 6) is -1.17. The van der Waals surface area contributed by atoms with Gasteiger partial charge in [0, 0.05) is 0 Å². The first-order valence-corrected chi connectivity index (χ1v) is 11.8. The summed E-state index contributed by atoms with van der Waals surface area (Å²) in [6.07, 6.45) is -4.81. The molecule has 11 heteroatoms. The number of benzene rings is 2. The molecule has 0 N–H and O–H groups in total. The molecule has 1 unspecified atom stereocenters. The number of halogens is 4. The second kappa shape index (κ2) is 10.6. The van der Waals surface area contributed by atoms with Crippen LogP contribution >= 0.6 is 0 Å². The van der Waals surface area contributed by atoms with Crippen LogP contribution in [0, 0.1) is 11.2 Å². The number of alkyl halides is 3. The van der Waals surface area contributed by atoms with Gasteiger partial charge in [0.25, 0.3) is 0 Å². The Bertz CT molecular complexity index is 1420. The Labute approximate surface area is 217 Å². The molecule has 0 saturated carbocycles. The van der Waals surface area contributed by atoms with E-state index in [2.05, 4.69) is 9.97 Å². The van der Waals surface area contributed by atoms with E-state index in [0.29, 0.717) is 28.9 Å². The summed E-state index contributed by atoms with van der Waals surface area (Å²) in [7, 11) is 2.84. The smallest absolute Gasteiger partial charge is 0.419 e. The number of rotatable bonds is 8. The van der Waals surface area contributed by atoms with Crippen molar-refractivity contribution in [2.24, 2.45) is 5.41 Å². The molecule has 2 heterocycles. The first-order valence-electron chi connectivity index (χ1n) is 11.8. The van der Waals surface area contributed by atoms with Crippen LogP contribution in [0.5, 0.6) is 11.9 Å². The number of methoxy groups -OCH3 is 2. The molecule has 202 valence electrons. The van der Waals surface area contributed by atoms with E-state index in [1.807, 2.05) is 51.1 Å². The Hall–Kier alpha value is -3.73. The van der Waals surface area contributed by atoms with Gasteiger partial charge in [-0.05, 0) is 28.7 Å². The van der Waals surface area contributed by atoms with Gasteiger partial charge >= 0.3 is 12.2 Å². The molecule has 1 atom stereocenters. The fourth-order valence-electron chi connectivity index (χ4n) is 4.35. The Morgan fingerprint density at radius 1 is 0.921 bits per heavy atom. The van der Waals surface area contributed by atoms with E-state index in [1.54, 1.807) is 4.68 Å². The second-order valence-electron chi connectivity index (χ2n) is 9.79. The molecule has 0 bridgehead atoms. The van der Waals surface area contributed by atoms with Crippen LogP contribution in [-0.2, 0) is 24.1 Å². The zero-order chi connectivity index (χ0) is 27.7. The second-order valence-corrected chi connectivity index (χ2v) is 9.79. The number of hydrogen-bond donors (Lipinski definition) is 0. The van der Waals surface area contributed by atoms with Crippen LogP contribution in [0.4, 0.5) is 17.6 Å². The molecule has 0 aliphatic heterocycles. The summed E-state index contributed by atoms with van der Waals surface area (Å²) in [6.45, 7) is 6.02. The average Bonchev–Trinajstić information content (AvgIpc) is 3.20. The average molecular weight is 533 g/mol. The van der Waals surface area contributed by atoms with Crippen LogP contribution < -0.4 is 9.47 Å². The van der Waals surface area contributed by atoms with Gasteiger partial charge in [-0.3, -0.25) is 0 Å². The standard InChI is InChI=1S/C27H28F4N4O3/c1-26(2,3)22(17-11-12-18(19(28)13-17)27(29,30)31)35-23-21(24(36-4)33-25(32-23)37-5)20(34-35)15-38-14-16-9-7-6-8-10-16/h6-13,22H,14-15H2,1-5H3. The number of aromatic nitrogens is 4. The van der Waals surface area contributed by atoms with Crippen molar-refractivity contribution < 1.29 is 31.8 Å². The Kier molecular flexibility index (Phi) is 7.59. The van der Waals surface area contributed by atoms with Crippen LogP contribution in [0.1, 0.15) is 49.2 Å². The molecule has 7 nitrogen and oxygen atoms in total. The molecule has 4 rings (SSSR count). The molecular formula is C27H28F4N4O3. The van der Waals surface area contributed by atoms with Gasteiger partial charge in [-0.15, -0.1) is 0 Å². The summed E-state index contributed by atoms with van der Waals surface area (Å²) in [6, 6.07) is 11.8. The van der Waals surface area contributed by atoms with Crippen molar-refractivity contribution in [2.75, 3.05) is 14.2 Å². The maximum atomic E-state index is 14.7. The highest BCUT2D eigenvalue weighted by molar-refractivity contribution is 5.84. The number of hydrogen-bond acceptors (Lipinski definition) is 6. The van der Waals surface area contributed by atoms with Crippen LogP contribution in [0.2, 0.25) is 0 Å². The summed E-state index contributed by atoms with van der Waals surface area (Å²) < 4.78 is 72.6. The molecule has 0 spiro atoms. The van der Waals surface area contributed by atoms with Crippen molar-refractivity contribution in [2.45, 2.75) is 46.2 Å². The molecular weight excluding hydrogens is 504 g/mol. The summed E-state index contributed by atoms with van der Waals surface area (Å²) in [4.78, 5) is 8.76. The Morgan fingerprint density at radius 3 is 2.21 bits per heavy atom. The minimum Gasteiger partial charge on any atom is -0.480 e. The zero-order valence-electron chi connectivity index (χ0n) is 21.6. The lowest BCUT2D eigenvalue weighted by molar-refractivity contribution is -0.140. The van der Waals surface area contributed by atoms with Gasteiger partial charge in [-0.1, -0.05) is 57.2 Å². The van der Waals surface area contributed by atoms with Crippen LogP contribution in [0.25, 0.3) is 11.0 Å². The minimum absolute atomic E-state index is 0.0125. The maximum Gasteiger partial charge on any atom is 0.419 e. The van der Waals surface area contributed by atoms with Crippen LogP contribution in [0.15, 0.2) is 48.5 Å². The first kappa shape index (κ1) is 27.3. The van der Waals surface area contributed by atoms with Crippen LogP contribution in [0.3, 0.4) is 0 Å². The molecule has 0 amide bonds. The predicted molar refractivity (Wildman–Crippen MR) is 132 cm³/mol. The third-order valence-electron chi connectivity index (χ3n) is 5.98. The third kappa shape index (κ3) is 5.57. The molecule has 2 aromatic carbocycles. The van der Waals surface area contributed by atoms with E-state index >= 15 is 0 Å². The fraction of sp³-hybridized carbons (Fsp3) is 0.370. The topological polar surface area (TPSA) is 71.3 Å². The predicted octanol–water partition coefficient (Wildman–Crippen LogP) is 6.35. The summed E-state index contributed by atoms with van der Waals surface area (Å²) in [5, 5.41) is 5.22. The van der Waals surface area contributed by atoms with E-state index in [4.69, 9.17) is 19.3 Å². The van der Waals surface area contributed by atoms with Crippen molar-refractivity contribution in [3.63, 3.8) is 0 Å². The molecule has 4 aromatic rings. The minimum atomic E-state index is -4.81. The van der Waals surface area contributed by atoms with E-state index in [0.717, 1.165) is 17.7 Å². The van der Waals surface area contributed by atoms with Gasteiger partial charge in [0.1, 0.15) is 16.9 Å². The summed E-state index contributed by atoms with van der Waals surface area (Å²) >= 11 is 0. The Morgan fingerprint density at radius 2 is 1.63 bits per heavy atom. The Balaban J connectivity index is 1.86. The highest BCUT2D eigenvalue weighted by atomic mass is 19.4. The lowest BCUT2D eigenvalue weighted by Gasteiger charge is -2.32. The van der Waals surface area contributed by atoms with Crippen LogP contribution in [-0.4, -0.2) is 34.0 Å². The van der Waals surface area contributed by atoms with E-state index in [9.17, 15) is 17.6 Å². The van der Waals surface area contributed by atoms with Gasteiger partial charge < -0.3 is 14.2 Å². The molecule has 0 saturated heterocycles. The molecule has 38 heavy (non-hydrogen) atoms. The van der Waals surface area contributed by atoms with Gasteiger partial charge in [-0.2, -0.15) is 28.2 Å². The lowest BCUT2D eigenvalue weighted by Crippen LogP contribution is -2.27. The number of nitrogens with zero attached hydrogens (tertiary/aromatic N) is 4. The van der Waals surface area contributed by atoms with Gasteiger partial charge in [0.2, 0.25) is 5.88 Å². The first-order chi connectivity index (χ1) is 17.9. The van der Waals surface area contributed by atoms with Gasteiger partial charge in [0.15, 0.2) is 5.65 Å². The quantitative estimate of drug-likeness (QED) is 0.246. The third-order valence-corrected chi connectivity index (χ3v) is 5.98. The van der Waals surface area contributed by atoms with Crippen molar-refractivity contribution in [3.05, 3.63) is 76.7 Å². The monoisotopic (exact) mass is 532 g/mol. The normalized spacial score (nSPS) is 13.1. The van der Waals surface area contributed by atoms with Crippen molar-refractivity contribution in [1.82, 2.24) is 19.7 Å². The molecule has 0 fully saturated rings. The number of fused-ring (bicyclic) bond motifs is 1. The maximum absolute atomic E-state index is 14.7. The van der Waals surface area contributed by atoms with Crippen molar-refractivity contribution in [3.8, 4) is 11.9 Å². The van der Waals surface area contributed by atoms with Crippen molar-refractivity contribution >= 4 is 11.0 Å². The zero-order valence-corrected chi connectivity index (χ0v) is 21.6. The largest absolute Gasteiger partial charge is 0.480 e. The SMILES string of the molecule is COc1nc(OC)c2c(COCc3ccccc3)nn(C(c3ccc(C(F)(F)F)c(F)c3)C(C)(C)C)c2n1. The van der Waals surface area contributed by atoms with Crippen molar-refractivity contribution in [1.29, 1.82) is 0 Å². The van der Waals surface area contributed by atoms with E-state index < -0.39 is 29.0 Å². The summed E-state index contributed by atoms with van der Waals surface area (Å²) in [5.41, 5.74) is 0.0671. The fourth-order valence-corrected chi connectivity index (χ4v) is 4.35. The molecule has 0 aliphatic rings. The lowest BCUT2D eigenvalue weighted by atomic mass is 9.82.